The standard InChI is InChI=1S/C23H21Cl2FN2O3/c24-18-10-15(11-19(25)21(18)31-13-14-5-4-6-16(26)9-14)12-20-22(29)28(23(30)27-20)17-7-2-1-3-8-17/h4-6,9-12,17H,1-3,7-8,13H2,(H,27,30)/b20-12-. The van der Waals surface area contributed by atoms with Crippen molar-refractivity contribution in [3.05, 3.63) is 69.1 Å². The average molecular weight is 463 g/mol. The average Bonchev–Trinajstić information content (AvgIpc) is 3.01. The van der Waals surface area contributed by atoms with Crippen LogP contribution in [-0.2, 0) is 11.4 Å². The summed E-state index contributed by atoms with van der Waals surface area (Å²) < 4.78 is 19.0. The van der Waals surface area contributed by atoms with Gasteiger partial charge in [0, 0.05) is 6.04 Å². The normalized spacial score (nSPS) is 18.5. The van der Waals surface area contributed by atoms with Crippen molar-refractivity contribution in [2.24, 2.45) is 0 Å². The Hall–Kier alpha value is -2.57. The van der Waals surface area contributed by atoms with Crippen LogP contribution in [0.3, 0.4) is 0 Å². The van der Waals surface area contributed by atoms with Crippen molar-refractivity contribution < 1.29 is 18.7 Å². The van der Waals surface area contributed by atoms with Crippen molar-refractivity contribution in [3.8, 4) is 5.75 Å². The molecule has 0 unspecified atom stereocenters. The van der Waals surface area contributed by atoms with E-state index >= 15 is 0 Å². The first-order valence-corrected chi connectivity index (χ1v) is 10.9. The molecule has 2 aliphatic rings. The molecule has 8 heteroatoms. The van der Waals surface area contributed by atoms with E-state index in [1.807, 2.05) is 0 Å². The van der Waals surface area contributed by atoms with E-state index in [0.717, 1.165) is 32.1 Å². The van der Waals surface area contributed by atoms with E-state index in [-0.39, 0.29) is 45.9 Å². The molecule has 0 spiro atoms. The summed E-state index contributed by atoms with van der Waals surface area (Å²) in [5.74, 6) is -0.429. The van der Waals surface area contributed by atoms with Gasteiger partial charge in [-0.25, -0.2) is 9.18 Å². The molecule has 1 aliphatic heterocycles. The second-order valence-electron chi connectivity index (χ2n) is 7.69. The highest BCUT2D eigenvalue weighted by molar-refractivity contribution is 6.37. The molecule has 4 rings (SSSR count). The molecule has 2 aromatic rings. The number of amides is 3. The van der Waals surface area contributed by atoms with Crippen molar-refractivity contribution in [3.63, 3.8) is 0 Å². The zero-order chi connectivity index (χ0) is 22.0. The summed E-state index contributed by atoms with van der Waals surface area (Å²) in [5.41, 5.74) is 1.39. The SMILES string of the molecule is O=C1N/C(=C\c2cc(Cl)c(OCc3cccc(F)c3)c(Cl)c2)C(=O)N1C1CCCCC1. The number of hydrogen-bond donors (Lipinski definition) is 1. The highest BCUT2D eigenvalue weighted by Crippen LogP contribution is 2.36. The predicted octanol–water partition coefficient (Wildman–Crippen LogP) is 5.94. The molecular formula is C23H21Cl2FN2O3. The fourth-order valence-electron chi connectivity index (χ4n) is 3.97. The van der Waals surface area contributed by atoms with Crippen LogP contribution in [0.15, 0.2) is 42.1 Å². The zero-order valence-electron chi connectivity index (χ0n) is 16.7. The van der Waals surface area contributed by atoms with E-state index in [1.54, 1.807) is 30.3 Å². The Bertz CT molecular complexity index is 1030. The topological polar surface area (TPSA) is 58.6 Å². The van der Waals surface area contributed by atoms with E-state index in [9.17, 15) is 14.0 Å². The minimum absolute atomic E-state index is 0.0575. The van der Waals surface area contributed by atoms with Crippen LogP contribution in [0.2, 0.25) is 10.0 Å². The second-order valence-corrected chi connectivity index (χ2v) is 8.50. The number of urea groups is 1. The summed E-state index contributed by atoms with van der Waals surface area (Å²) in [4.78, 5) is 26.5. The lowest BCUT2D eigenvalue weighted by molar-refractivity contribution is -0.124. The van der Waals surface area contributed by atoms with Crippen LogP contribution in [0, 0.1) is 5.82 Å². The van der Waals surface area contributed by atoms with Crippen molar-refractivity contribution in [1.29, 1.82) is 0 Å². The minimum atomic E-state index is -0.393. The maximum absolute atomic E-state index is 13.3. The lowest BCUT2D eigenvalue weighted by atomic mass is 9.94. The van der Waals surface area contributed by atoms with Crippen LogP contribution >= 0.6 is 23.2 Å². The van der Waals surface area contributed by atoms with E-state index < -0.39 is 6.03 Å². The van der Waals surface area contributed by atoms with Crippen molar-refractivity contribution in [2.75, 3.05) is 0 Å². The number of nitrogens with zero attached hydrogens (tertiary/aromatic N) is 1. The van der Waals surface area contributed by atoms with Crippen LogP contribution in [0.1, 0.15) is 43.2 Å². The van der Waals surface area contributed by atoms with E-state index in [4.69, 9.17) is 27.9 Å². The number of nitrogens with one attached hydrogen (secondary N) is 1. The molecule has 162 valence electrons. The summed E-state index contributed by atoms with van der Waals surface area (Å²) in [6.45, 7) is 0.0997. The first-order valence-electron chi connectivity index (χ1n) is 10.1. The highest BCUT2D eigenvalue weighted by Gasteiger charge is 2.38. The van der Waals surface area contributed by atoms with Gasteiger partial charge in [0.05, 0.1) is 10.0 Å². The number of imide groups is 1. The second kappa shape index (κ2) is 9.28. The first kappa shape index (κ1) is 21.7. The van der Waals surface area contributed by atoms with Gasteiger partial charge in [-0.2, -0.15) is 0 Å². The van der Waals surface area contributed by atoms with Gasteiger partial charge in [0.15, 0.2) is 5.75 Å². The molecule has 1 saturated carbocycles. The van der Waals surface area contributed by atoms with Crippen LogP contribution in [-0.4, -0.2) is 22.9 Å². The Morgan fingerprint density at radius 2 is 1.81 bits per heavy atom. The Kier molecular flexibility index (Phi) is 6.49. The Balaban J connectivity index is 1.50. The van der Waals surface area contributed by atoms with Crippen LogP contribution < -0.4 is 10.1 Å². The molecule has 3 amide bonds. The number of halogens is 3. The molecule has 0 atom stereocenters. The molecule has 0 aromatic heterocycles. The molecule has 5 nitrogen and oxygen atoms in total. The summed E-state index contributed by atoms with van der Waals surface area (Å²) in [6, 6.07) is 8.80. The highest BCUT2D eigenvalue weighted by atomic mass is 35.5. The largest absolute Gasteiger partial charge is 0.486 e. The fourth-order valence-corrected chi connectivity index (χ4v) is 4.58. The van der Waals surface area contributed by atoms with Crippen molar-refractivity contribution >= 4 is 41.2 Å². The lowest BCUT2D eigenvalue weighted by Crippen LogP contribution is -2.41. The van der Waals surface area contributed by atoms with Crippen LogP contribution in [0.25, 0.3) is 6.08 Å². The quantitative estimate of drug-likeness (QED) is 0.441. The Labute approximate surface area is 189 Å². The minimum Gasteiger partial charge on any atom is -0.486 e. The van der Waals surface area contributed by atoms with Gasteiger partial charge >= 0.3 is 6.03 Å². The van der Waals surface area contributed by atoms with Crippen molar-refractivity contribution in [2.45, 2.75) is 44.8 Å². The molecular weight excluding hydrogens is 442 g/mol. The molecule has 2 aromatic carbocycles. The molecule has 0 bridgehead atoms. The van der Waals surface area contributed by atoms with E-state index in [1.165, 1.54) is 17.0 Å². The first-order chi connectivity index (χ1) is 14.9. The van der Waals surface area contributed by atoms with E-state index in [2.05, 4.69) is 5.32 Å². The van der Waals surface area contributed by atoms with Gasteiger partial charge in [-0.3, -0.25) is 9.69 Å². The van der Waals surface area contributed by atoms with Crippen LogP contribution in [0.4, 0.5) is 9.18 Å². The van der Waals surface area contributed by atoms with Gasteiger partial charge in [0.1, 0.15) is 18.1 Å². The number of carbonyl (C=O) groups excluding carboxylic acids is 2. The van der Waals surface area contributed by atoms with Gasteiger partial charge in [-0.1, -0.05) is 54.6 Å². The fraction of sp³-hybridized carbons (Fsp3) is 0.304. The number of hydrogen-bond acceptors (Lipinski definition) is 3. The summed E-state index contributed by atoms with van der Waals surface area (Å²) in [6.07, 6.45) is 6.39. The summed E-state index contributed by atoms with van der Waals surface area (Å²) in [7, 11) is 0. The molecule has 1 saturated heterocycles. The van der Waals surface area contributed by atoms with Gasteiger partial charge < -0.3 is 10.1 Å². The van der Waals surface area contributed by atoms with Gasteiger partial charge in [-0.15, -0.1) is 0 Å². The third kappa shape index (κ3) is 4.86. The Morgan fingerprint density at radius 3 is 2.48 bits per heavy atom. The van der Waals surface area contributed by atoms with Crippen molar-refractivity contribution in [1.82, 2.24) is 10.2 Å². The lowest BCUT2D eigenvalue weighted by Gasteiger charge is -2.28. The van der Waals surface area contributed by atoms with E-state index in [0.29, 0.717) is 11.1 Å². The smallest absolute Gasteiger partial charge is 0.329 e. The molecule has 1 aliphatic carbocycles. The zero-order valence-corrected chi connectivity index (χ0v) is 18.2. The maximum atomic E-state index is 13.3. The molecule has 31 heavy (non-hydrogen) atoms. The molecule has 0 radical (unpaired) electrons. The number of ether oxygens (including phenoxy) is 1. The van der Waals surface area contributed by atoms with Gasteiger partial charge in [-0.05, 0) is 54.3 Å². The third-order valence-electron chi connectivity index (χ3n) is 5.45. The number of benzene rings is 2. The number of rotatable bonds is 5. The van der Waals surface area contributed by atoms with Gasteiger partial charge in [0.2, 0.25) is 0 Å². The predicted molar refractivity (Wildman–Crippen MR) is 117 cm³/mol. The van der Waals surface area contributed by atoms with Gasteiger partial charge in [0.25, 0.3) is 5.91 Å². The molecule has 2 fully saturated rings. The number of carbonyl (C=O) groups is 2. The Morgan fingerprint density at radius 1 is 1.10 bits per heavy atom. The molecule has 1 heterocycles. The monoisotopic (exact) mass is 462 g/mol. The molecule has 1 N–H and O–H groups in total. The van der Waals surface area contributed by atoms with Crippen LogP contribution in [0.5, 0.6) is 5.75 Å². The third-order valence-corrected chi connectivity index (χ3v) is 6.01. The maximum Gasteiger partial charge on any atom is 0.329 e. The summed E-state index contributed by atoms with van der Waals surface area (Å²) in [5, 5.41) is 3.14. The summed E-state index contributed by atoms with van der Waals surface area (Å²) >= 11 is 12.7.